The fourth-order valence-electron chi connectivity index (χ4n) is 4.55. The molecule has 1 heterocycles. The van der Waals surface area contributed by atoms with Crippen molar-refractivity contribution < 1.29 is 23.9 Å². The van der Waals surface area contributed by atoms with Crippen molar-refractivity contribution in [3.05, 3.63) is 34.9 Å². The number of methoxy groups -OCH3 is 1. The summed E-state index contributed by atoms with van der Waals surface area (Å²) in [6.45, 7) is 9.35. The standard InChI is InChI=1S/C25H35N3O5/c1-7-25(8-2)15-20(29)28(22(27-25)26-23(31)33-24(3,4)5)19-11-9-10-16-12-13-17(14-18(16)19)21(30)32-6/h12-14,19H,7-11,15H2,1-6H3,(H,26,27,31)/t19-/m1/s1. The molecule has 0 spiro atoms. The van der Waals surface area contributed by atoms with Gasteiger partial charge in [-0.25, -0.2) is 14.6 Å². The zero-order valence-electron chi connectivity index (χ0n) is 20.5. The number of carbonyl (C=O) groups excluding carboxylic acids is 3. The van der Waals surface area contributed by atoms with E-state index in [1.807, 2.05) is 19.9 Å². The van der Waals surface area contributed by atoms with E-state index in [1.165, 1.54) is 7.11 Å². The Bertz CT molecular complexity index is 959. The number of aryl methyl sites for hydroxylation is 1. The van der Waals surface area contributed by atoms with E-state index in [4.69, 9.17) is 14.5 Å². The molecule has 1 atom stereocenters. The number of guanidine groups is 1. The fraction of sp³-hybridized carbons (Fsp3) is 0.600. The molecular weight excluding hydrogens is 422 g/mol. The van der Waals surface area contributed by atoms with Crippen LogP contribution in [0, 0.1) is 0 Å². The number of alkyl carbamates (subject to hydrolysis) is 1. The summed E-state index contributed by atoms with van der Waals surface area (Å²) in [6.07, 6.45) is 3.40. The number of hydrogen-bond acceptors (Lipinski definition) is 6. The maximum absolute atomic E-state index is 13.6. The van der Waals surface area contributed by atoms with Gasteiger partial charge >= 0.3 is 12.1 Å². The summed E-state index contributed by atoms with van der Waals surface area (Å²) in [5, 5.41) is 2.76. The van der Waals surface area contributed by atoms with Gasteiger partial charge in [-0.1, -0.05) is 19.9 Å². The first-order valence-corrected chi connectivity index (χ1v) is 11.7. The number of carbonyl (C=O) groups is 3. The molecule has 0 radical (unpaired) electrons. The Balaban J connectivity index is 2.05. The molecule has 0 fully saturated rings. The van der Waals surface area contributed by atoms with E-state index in [0.717, 1.165) is 24.0 Å². The van der Waals surface area contributed by atoms with Gasteiger partial charge in [-0.3, -0.25) is 15.0 Å². The van der Waals surface area contributed by atoms with Gasteiger partial charge in [0.05, 0.1) is 30.7 Å². The monoisotopic (exact) mass is 457 g/mol. The lowest BCUT2D eigenvalue weighted by Gasteiger charge is -2.42. The average molecular weight is 458 g/mol. The molecule has 180 valence electrons. The Morgan fingerprint density at radius 3 is 2.55 bits per heavy atom. The number of esters is 1. The van der Waals surface area contributed by atoms with Crippen molar-refractivity contribution in [2.45, 2.75) is 90.3 Å². The van der Waals surface area contributed by atoms with Crippen LogP contribution < -0.4 is 5.32 Å². The molecule has 1 N–H and O–H groups in total. The quantitative estimate of drug-likeness (QED) is 0.671. The highest BCUT2D eigenvalue weighted by atomic mass is 16.6. The summed E-state index contributed by atoms with van der Waals surface area (Å²) in [7, 11) is 1.35. The molecule has 2 amide bonds. The van der Waals surface area contributed by atoms with Crippen molar-refractivity contribution >= 4 is 23.9 Å². The van der Waals surface area contributed by atoms with Crippen molar-refractivity contribution in [2.24, 2.45) is 4.99 Å². The topological polar surface area (TPSA) is 97.3 Å². The van der Waals surface area contributed by atoms with Gasteiger partial charge in [-0.15, -0.1) is 0 Å². The van der Waals surface area contributed by atoms with E-state index in [-0.39, 0.29) is 24.3 Å². The molecule has 2 aliphatic rings. The smallest absolute Gasteiger partial charge is 0.414 e. The number of amides is 2. The Morgan fingerprint density at radius 1 is 1.24 bits per heavy atom. The molecule has 33 heavy (non-hydrogen) atoms. The van der Waals surface area contributed by atoms with Crippen LogP contribution in [0.2, 0.25) is 0 Å². The summed E-state index contributed by atoms with van der Waals surface area (Å²) >= 11 is 0. The number of aliphatic imine (C=N–C) groups is 1. The number of rotatable bonds is 4. The molecule has 1 aromatic carbocycles. The van der Waals surface area contributed by atoms with Gasteiger partial charge in [0.15, 0.2) is 0 Å². The van der Waals surface area contributed by atoms with E-state index in [0.29, 0.717) is 24.8 Å². The van der Waals surface area contributed by atoms with Crippen LogP contribution in [-0.4, -0.2) is 47.1 Å². The highest BCUT2D eigenvalue weighted by molar-refractivity contribution is 6.05. The van der Waals surface area contributed by atoms with Crippen molar-refractivity contribution in [3.63, 3.8) is 0 Å². The SMILES string of the molecule is CCC1(CC)CC(=O)N([C@@H]2CCCc3ccc(C(=O)OC)cc32)C(NC(=O)OC(C)(C)C)=N1. The second-order valence-corrected chi connectivity index (χ2v) is 9.75. The van der Waals surface area contributed by atoms with Crippen LogP contribution in [0.25, 0.3) is 0 Å². The van der Waals surface area contributed by atoms with Gasteiger partial charge < -0.3 is 9.47 Å². The molecule has 8 nitrogen and oxygen atoms in total. The predicted octanol–water partition coefficient (Wildman–Crippen LogP) is 4.52. The third-order valence-electron chi connectivity index (χ3n) is 6.41. The van der Waals surface area contributed by atoms with Crippen LogP contribution >= 0.6 is 0 Å². The normalized spacial score (nSPS) is 19.9. The second-order valence-electron chi connectivity index (χ2n) is 9.75. The summed E-state index contributed by atoms with van der Waals surface area (Å²) in [6, 6.07) is 5.12. The number of fused-ring (bicyclic) bond motifs is 1. The summed E-state index contributed by atoms with van der Waals surface area (Å²) in [5.74, 6) is -0.310. The van der Waals surface area contributed by atoms with Crippen molar-refractivity contribution in [1.82, 2.24) is 10.2 Å². The van der Waals surface area contributed by atoms with Crippen molar-refractivity contribution in [3.8, 4) is 0 Å². The Labute approximate surface area is 195 Å². The molecule has 8 heteroatoms. The molecule has 0 saturated carbocycles. The molecule has 1 aromatic rings. The molecule has 3 rings (SSSR count). The Kier molecular flexibility index (Phi) is 7.14. The average Bonchev–Trinajstić information content (AvgIpc) is 2.76. The predicted molar refractivity (Wildman–Crippen MR) is 125 cm³/mol. The molecular formula is C25H35N3O5. The van der Waals surface area contributed by atoms with Crippen LogP contribution in [0.3, 0.4) is 0 Å². The lowest BCUT2D eigenvalue weighted by molar-refractivity contribution is -0.132. The third kappa shape index (κ3) is 5.37. The number of benzene rings is 1. The van der Waals surface area contributed by atoms with Crippen molar-refractivity contribution in [2.75, 3.05) is 7.11 Å². The van der Waals surface area contributed by atoms with Crippen LogP contribution in [-0.2, 0) is 20.7 Å². The summed E-state index contributed by atoms with van der Waals surface area (Å²) < 4.78 is 10.3. The molecule has 0 unspecified atom stereocenters. The lowest BCUT2D eigenvalue weighted by atomic mass is 9.83. The van der Waals surface area contributed by atoms with Gasteiger partial charge in [-0.2, -0.15) is 0 Å². The number of nitrogens with zero attached hydrogens (tertiary/aromatic N) is 2. The molecule has 0 aromatic heterocycles. The van der Waals surface area contributed by atoms with E-state index >= 15 is 0 Å². The summed E-state index contributed by atoms with van der Waals surface area (Å²) in [4.78, 5) is 44.8. The highest BCUT2D eigenvalue weighted by Crippen LogP contribution is 2.39. The zero-order valence-corrected chi connectivity index (χ0v) is 20.5. The number of hydrogen-bond donors (Lipinski definition) is 1. The highest BCUT2D eigenvalue weighted by Gasteiger charge is 2.43. The zero-order chi connectivity index (χ0) is 24.4. The van der Waals surface area contributed by atoms with Gasteiger partial charge in [0.25, 0.3) is 0 Å². The maximum atomic E-state index is 13.6. The van der Waals surface area contributed by atoms with E-state index < -0.39 is 23.2 Å². The van der Waals surface area contributed by atoms with Crippen LogP contribution in [0.1, 0.15) is 94.2 Å². The first-order chi connectivity index (χ1) is 15.5. The summed E-state index contributed by atoms with van der Waals surface area (Å²) in [5.41, 5.74) is 1.14. The van der Waals surface area contributed by atoms with E-state index in [2.05, 4.69) is 5.32 Å². The molecule has 0 saturated heterocycles. The van der Waals surface area contributed by atoms with Gasteiger partial charge in [0.2, 0.25) is 11.9 Å². The minimum Gasteiger partial charge on any atom is -0.465 e. The van der Waals surface area contributed by atoms with Crippen LogP contribution in [0.4, 0.5) is 4.79 Å². The fourth-order valence-corrected chi connectivity index (χ4v) is 4.55. The lowest BCUT2D eigenvalue weighted by Crippen LogP contribution is -2.56. The first-order valence-electron chi connectivity index (χ1n) is 11.7. The van der Waals surface area contributed by atoms with Crippen molar-refractivity contribution in [1.29, 1.82) is 0 Å². The minimum absolute atomic E-state index is 0.0962. The molecule has 0 bridgehead atoms. The third-order valence-corrected chi connectivity index (χ3v) is 6.41. The number of ether oxygens (including phenoxy) is 2. The minimum atomic E-state index is -0.687. The van der Waals surface area contributed by atoms with E-state index in [1.54, 1.807) is 37.8 Å². The van der Waals surface area contributed by atoms with Crippen LogP contribution in [0.15, 0.2) is 23.2 Å². The molecule has 1 aliphatic carbocycles. The van der Waals surface area contributed by atoms with Crippen LogP contribution in [0.5, 0.6) is 0 Å². The van der Waals surface area contributed by atoms with Gasteiger partial charge in [-0.05, 0) is 76.1 Å². The Hall–Kier alpha value is -2.90. The largest absolute Gasteiger partial charge is 0.465 e. The van der Waals surface area contributed by atoms with E-state index in [9.17, 15) is 14.4 Å². The maximum Gasteiger partial charge on any atom is 0.414 e. The number of nitrogens with one attached hydrogen (secondary N) is 1. The Morgan fingerprint density at radius 2 is 1.94 bits per heavy atom. The molecule has 1 aliphatic heterocycles. The second kappa shape index (κ2) is 9.53. The van der Waals surface area contributed by atoms with Gasteiger partial charge in [0, 0.05) is 0 Å². The van der Waals surface area contributed by atoms with Gasteiger partial charge in [0.1, 0.15) is 5.60 Å². The first kappa shape index (κ1) is 24.7.